The van der Waals surface area contributed by atoms with Crippen LogP contribution in [0.15, 0.2) is 53.4 Å². The molecule has 0 heterocycles. The molecule has 0 unspecified atom stereocenters. The highest BCUT2D eigenvalue weighted by Gasteiger charge is 1.94. The predicted octanol–water partition coefficient (Wildman–Crippen LogP) is 5.62. The summed E-state index contributed by atoms with van der Waals surface area (Å²) in [6, 6.07) is 18.4. The van der Waals surface area contributed by atoms with Crippen molar-refractivity contribution >= 4 is 23.9 Å². The van der Waals surface area contributed by atoms with E-state index in [-0.39, 0.29) is 0 Å². The van der Waals surface area contributed by atoms with Gasteiger partial charge in [0.1, 0.15) is 0 Å². The van der Waals surface area contributed by atoms with Crippen molar-refractivity contribution in [3.63, 3.8) is 0 Å². The van der Waals surface area contributed by atoms with Gasteiger partial charge in [-0.2, -0.15) is 5.26 Å². The SMILES string of the molecule is CCCCSc1ccc(/C=C/c2ccc(C#N)cc2)cc1. The first-order valence-corrected chi connectivity index (χ1v) is 8.21. The van der Waals surface area contributed by atoms with Gasteiger partial charge in [0.15, 0.2) is 0 Å². The van der Waals surface area contributed by atoms with E-state index in [0.29, 0.717) is 5.56 Å². The van der Waals surface area contributed by atoms with Gasteiger partial charge in [0.2, 0.25) is 0 Å². The van der Waals surface area contributed by atoms with Crippen molar-refractivity contribution in [1.29, 1.82) is 5.26 Å². The Bertz CT molecular complexity index is 618. The number of nitrogens with zero attached hydrogens (tertiary/aromatic N) is 1. The van der Waals surface area contributed by atoms with Crippen molar-refractivity contribution in [2.24, 2.45) is 0 Å². The molecule has 106 valence electrons. The summed E-state index contributed by atoms with van der Waals surface area (Å²) >= 11 is 1.92. The van der Waals surface area contributed by atoms with E-state index in [1.165, 1.54) is 29.1 Å². The fourth-order valence-electron chi connectivity index (χ4n) is 1.87. The van der Waals surface area contributed by atoms with E-state index < -0.39 is 0 Å². The zero-order valence-corrected chi connectivity index (χ0v) is 13.1. The van der Waals surface area contributed by atoms with Gasteiger partial charge in [-0.05, 0) is 47.6 Å². The average Bonchev–Trinajstić information content (AvgIpc) is 2.55. The third-order valence-corrected chi connectivity index (χ3v) is 4.25. The summed E-state index contributed by atoms with van der Waals surface area (Å²) in [5.74, 6) is 1.19. The molecule has 0 amide bonds. The van der Waals surface area contributed by atoms with Crippen LogP contribution < -0.4 is 0 Å². The van der Waals surface area contributed by atoms with Gasteiger partial charge in [-0.1, -0.05) is 49.8 Å². The summed E-state index contributed by atoms with van der Waals surface area (Å²) in [7, 11) is 0. The first kappa shape index (κ1) is 15.4. The van der Waals surface area contributed by atoms with Gasteiger partial charge in [-0.15, -0.1) is 11.8 Å². The minimum absolute atomic E-state index is 0.695. The Labute approximate surface area is 131 Å². The van der Waals surface area contributed by atoms with E-state index >= 15 is 0 Å². The molecule has 0 aliphatic carbocycles. The zero-order chi connectivity index (χ0) is 14.9. The van der Waals surface area contributed by atoms with E-state index in [0.717, 1.165) is 5.56 Å². The van der Waals surface area contributed by atoms with Crippen molar-refractivity contribution < 1.29 is 0 Å². The monoisotopic (exact) mass is 293 g/mol. The van der Waals surface area contributed by atoms with Crippen molar-refractivity contribution in [1.82, 2.24) is 0 Å². The molecule has 0 fully saturated rings. The molecule has 0 spiro atoms. The maximum absolute atomic E-state index is 8.77. The molecule has 0 saturated carbocycles. The first-order chi connectivity index (χ1) is 10.3. The molecule has 0 atom stereocenters. The van der Waals surface area contributed by atoms with Crippen LogP contribution in [0.5, 0.6) is 0 Å². The summed E-state index contributed by atoms with van der Waals surface area (Å²) < 4.78 is 0. The van der Waals surface area contributed by atoms with Crippen LogP contribution in [-0.2, 0) is 0 Å². The highest BCUT2D eigenvalue weighted by molar-refractivity contribution is 7.99. The lowest BCUT2D eigenvalue weighted by Gasteiger charge is -2.01. The van der Waals surface area contributed by atoms with Gasteiger partial charge in [0, 0.05) is 4.90 Å². The van der Waals surface area contributed by atoms with Gasteiger partial charge >= 0.3 is 0 Å². The molecule has 0 aromatic heterocycles. The Balaban J connectivity index is 1.95. The standard InChI is InChI=1S/C19H19NS/c1-2-3-14-21-19-12-10-17(11-13-19)5-4-16-6-8-18(15-20)9-7-16/h4-13H,2-3,14H2,1H3/b5-4+. The van der Waals surface area contributed by atoms with E-state index in [2.05, 4.69) is 49.4 Å². The molecular weight excluding hydrogens is 274 g/mol. The predicted molar refractivity (Wildman–Crippen MR) is 92.2 cm³/mol. The molecular formula is C19H19NS. The number of thioether (sulfide) groups is 1. The minimum atomic E-state index is 0.695. The van der Waals surface area contributed by atoms with E-state index in [1.807, 2.05) is 36.0 Å². The third kappa shape index (κ3) is 5.13. The maximum Gasteiger partial charge on any atom is 0.0991 e. The average molecular weight is 293 g/mol. The maximum atomic E-state index is 8.77. The number of hydrogen-bond acceptors (Lipinski definition) is 2. The Kier molecular flexibility index (Phi) is 6.12. The molecule has 2 rings (SSSR count). The highest BCUT2D eigenvalue weighted by Crippen LogP contribution is 2.20. The van der Waals surface area contributed by atoms with E-state index in [4.69, 9.17) is 5.26 Å². The number of unbranched alkanes of at least 4 members (excludes halogenated alkanes) is 1. The molecule has 0 aliphatic heterocycles. The zero-order valence-electron chi connectivity index (χ0n) is 12.3. The van der Waals surface area contributed by atoms with Crippen molar-refractivity contribution in [3.05, 3.63) is 65.2 Å². The second-order valence-corrected chi connectivity index (χ2v) is 6.01. The summed E-state index contributed by atoms with van der Waals surface area (Å²) in [5.41, 5.74) is 3.00. The number of rotatable bonds is 6. The molecule has 1 nitrogen and oxygen atoms in total. The number of nitriles is 1. The molecule has 0 N–H and O–H groups in total. The Morgan fingerprint density at radius 3 is 2.05 bits per heavy atom. The molecule has 0 bridgehead atoms. The second kappa shape index (κ2) is 8.34. The topological polar surface area (TPSA) is 23.8 Å². The molecule has 2 heteroatoms. The summed E-state index contributed by atoms with van der Waals surface area (Å²) in [5, 5.41) is 8.77. The van der Waals surface area contributed by atoms with Gasteiger partial charge in [0.25, 0.3) is 0 Å². The van der Waals surface area contributed by atoms with Crippen LogP contribution in [0.3, 0.4) is 0 Å². The molecule has 0 saturated heterocycles. The first-order valence-electron chi connectivity index (χ1n) is 7.23. The lowest BCUT2D eigenvalue weighted by atomic mass is 10.1. The largest absolute Gasteiger partial charge is 0.192 e. The quantitative estimate of drug-likeness (QED) is 0.392. The third-order valence-electron chi connectivity index (χ3n) is 3.15. The van der Waals surface area contributed by atoms with Crippen LogP contribution in [0, 0.1) is 11.3 Å². The molecule has 21 heavy (non-hydrogen) atoms. The fraction of sp³-hybridized carbons (Fsp3) is 0.211. The molecule has 0 radical (unpaired) electrons. The van der Waals surface area contributed by atoms with Gasteiger partial charge in [-0.25, -0.2) is 0 Å². The van der Waals surface area contributed by atoms with E-state index in [1.54, 1.807) is 0 Å². The van der Waals surface area contributed by atoms with Gasteiger partial charge in [0.05, 0.1) is 11.6 Å². The second-order valence-electron chi connectivity index (χ2n) is 4.84. The fourth-order valence-corrected chi connectivity index (χ4v) is 2.87. The highest BCUT2D eigenvalue weighted by atomic mass is 32.2. The Hall–Kier alpha value is -1.98. The summed E-state index contributed by atoms with van der Waals surface area (Å²) in [4.78, 5) is 1.33. The van der Waals surface area contributed by atoms with Crippen LogP contribution in [0.4, 0.5) is 0 Å². The summed E-state index contributed by atoms with van der Waals surface area (Å²) in [6.07, 6.45) is 6.69. The molecule has 2 aromatic rings. The van der Waals surface area contributed by atoms with Crippen LogP contribution in [0.25, 0.3) is 12.2 Å². The Morgan fingerprint density at radius 2 is 1.52 bits per heavy atom. The van der Waals surface area contributed by atoms with E-state index in [9.17, 15) is 0 Å². The van der Waals surface area contributed by atoms with Gasteiger partial charge in [-0.3, -0.25) is 0 Å². The minimum Gasteiger partial charge on any atom is -0.192 e. The molecule has 0 aliphatic rings. The van der Waals surface area contributed by atoms with Gasteiger partial charge < -0.3 is 0 Å². The van der Waals surface area contributed by atoms with Crippen LogP contribution in [0.1, 0.15) is 36.5 Å². The summed E-state index contributed by atoms with van der Waals surface area (Å²) in [6.45, 7) is 2.22. The number of hydrogen-bond donors (Lipinski definition) is 0. The lowest BCUT2D eigenvalue weighted by molar-refractivity contribution is 0.896. The normalized spacial score (nSPS) is 10.7. The van der Waals surface area contributed by atoms with Crippen LogP contribution in [-0.4, -0.2) is 5.75 Å². The lowest BCUT2D eigenvalue weighted by Crippen LogP contribution is -1.79. The molecule has 2 aromatic carbocycles. The smallest absolute Gasteiger partial charge is 0.0991 e. The van der Waals surface area contributed by atoms with Crippen molar-refractivity contribution in [2.75, 3.05) is 5.75 Å². The Morgan fingerprint density at radius 1 is 0.952 bits per heavy atom. The van der Waals surface area contributed by atoms with Crippen molar-refractivity contribution in [3.8, 4) is 6.07 Å². The number of benzene rings is 2. The van der Waals surface area contributed by atoms with Crippen molar-refractivity contribution in [2.45, 2.75) is 24.7 Å². The van der Waals surface area contributed by atoms with Crippen LogP contribution in [0.2, 0.25) is 0 Å². The van der Waals surface area contributed by atoms with Crippen LogP contribution >= 0.6 is 11.8 Å².